The molecule has 3 heterocycles. The first-order valence-corrected chi connectivity index (χ1v) is 7.67. The maximum Gasteiger partial charge on any atom is 0.192 e. The van der Waals surface area contributed by atoms with E-state index in [1.165, 1.54) is 0 Å². The van der Waals surface area contributed by atoms with Crippen molar-refractivity contribution in [3.05, 3.63) is 36.0 Å². The molecule has 0 N–H and O–H groups in total. The van der Waals surface area contributed by atoms with E-state index in [1.54, 1.807) is 10.9 Å². The van der Waals surface area contributed by atoms with Crippen LogP contribution in [-0.4, -0.2) is 25.5 Å². The van der Waals surface area contributed by atoms with Crippen LogP contribution in [0.5, 0.6) is 0 Å². The van der Waals surface area contributed by atoms with Crippen LogP contribution in [-0.2, 0) is 4.84 Å². The molecule has 0 aliphatic carbocycles. The summed E-state index contributed by atoms with van der Waals surface area (Å²) in [6.45, 7) is 8.39. The monoisotopic (exact) mass is 299 g/mol. The van der Waals surface area contributed by atoms with E-state index in [0.29, 0.717) is 5.92 Å². The predicted octanol–water partition coefficient (Wildman–Crippen LogP) is 3.26. The van der Waals surface area contributed by atoms with Gasteiger partial charge < -0.3 is 4.84 Å². The molecule has 6 nitrogen and oxygen atoms in total. The van der Waals surface area contributed by atoms with Crippen molar-refractivity contribution in [3.8, 4) is 5.82 Å². The van der Waals surface area contributed by atoms with Gasteiger partial charge in [0.1, 0.15) is 0 Å². The lowest BCUT2D eigenvalue weighted by Crippen LogP contribution is -2.12. The molecule has 1 atom stereocenters. The number of rotatable bonds is 4. The predicted molar refractivity (Wildman–Crippen MR) is 84.0 cm³/mol. The Bertz CT molecular complexity index is 675. The van der Waals surface area contributed by atoms with Gasteiger partial charge in [-0.05, 0) is 18.1 Å². The fraction of sp³-hybridized carbons (Fsp3) is 0.500. The summed E-state index contributed by atoms with van der Waals surface area (Å²) in [6, 6.07) is 5.74. The van der Waals surface area contributed by atoms with E-state index in [2.05, 4.69) is 47.9 Å². The smallest absolute Gasteiger partial charge is 0.192 e. The number of oxime groups is 1. The first-order chi connectivity index (χ1) is 10.6. The molecule has 3 rings (SSSR count). The minimum absolute atomic E-state index is 0.195. The third-order valence-electron chi connectivity index (χ3n) is 3.68. The summed E-state index contributed by atoms with van der Waals surface area (Å²) in [5, 5.41) is 8.80. The quantitative estimate of drug-likeness (QED) is 0.869. The van der Waals surface area contributed by atoms with Crippen LogP contribution < -0.4 is 0 Å². The van der Waals surface area contributed by atoms with Gasteiger partial charge in [0.25, 0.3) is 0 Å². The molecular weight excluding hydrogens is 278 g/mol. The van der Waals surface area contributed by atoms with Gasteiger partial charge in [-0.15, -0.1) is 5.10 Å². The van der Waals surface area contributed by atoms with Crippen LogP contribution in [0.3, 0.4) is 0 Å². The lowest BCUT2D eigenvalue weighted by Gasteiger charge is -2.09. The van der Waals surface area contributed by atoms with Gasteiger partial charge in [-0.2, -0.15) is 4.68 Å². The summed E-state index contributed by atoms with van der Waals surface area (Å²) in [7, 11) is 0. The Balaban J connectivity index is 1.97. The number of hydrogen-bond donors (Lipinski definition) is 0. The third-order valence-corrected chi connectivity index (χ3v) is 3.68. The van der Waals surface area contributed by atoms with E-state index in [1.807, 2.05) is 18.2 Å². The van der Waals surface area contributed by atoms with Crippen molar-refractivity contribution in [1.29, 1.82) is 0 Å². The van der Waals surface area contributed by atoms with Crippen molar-refractivity contribution in [2.75, 3.05) is 0 Å². The Morgan fingerprint density at radius 3 is 2.59 bits per heavy atom. The van der Waals surface area contributed by atoms with Crippen molar-refractivity contribution < 1.29 is 4.84 Å². The first-order valence-electron chi connectivity index (χ1n) is 7.67. The highest BCUT2D eigenvalue weighted by Crippen LogP contribution is 2.30. The summed E-state index contributed by atoms with van der Waals surface area (Å²) in [4.78, 5) is 14.7. The van der Waals surface area contributed by atoms with Crippen LogP contribution in [0.2, 0.25) is 0 Å². The van der Waals surface area contributed by atoms with Gasteiger partial charge in [0.2, 0.25) is 0 Å². The summed E-state index contributed by atoms with van der Waals surface area (Å²) in [5.41, 5.74) is 1.06. The number of pyridine rings is 1. The molecule has 2 aromatic rings. The van der Waals surface area contributed by atoms with E-state index in [0.717, 1.165) is 29.6 Å². The maximum atomic E-state index is 5.61. The van der Waals surface area contributed by atoms with Gasteiger partial charge in [-0.25, -0.2) is 9.97 Å². The standard InChI is InChI=1S/C16H21N5O/c1-10(2)12-9-13(22-20-12)16-18-15(11(3)4)19-21(16)14-7-5-6-8-17-14/h5-8,10-11,13H,9H2,1-4H3/t13-/m1/s1. The molecule has 0 saturated heterocycles. The highest BCUT2D eigenvalue weighted by Gasteiger charge is 2.30. The number of aromatic nitrogens is 4. The van der Waals surface area contributed by atoms with Crippen molar-refractivity contribution in [2.45, 2.75) is 46.1 Å². The van der Waals surface area contributed by atoms with Crippen LogP contribution in [0, 0.1) is 5.92 Å². The Labute approximate surface area is 130 Å². The topological polar surface area (TPSA) is 65.2 Å². The Kier molecular flexibility index (Phi) is 3.92. The molecule has 2 aromatic heterocycles. The normalized spacial score (nSPS) is 17.9. The fourth-order valence-corrected chi connectivity index (χ4v) is 2.32. The zero-order valence-corrected chi connectivity index (χ0v) is 13.4. The van der Waals surface area contributed by atoms with E-state index in [-0.39, 0.29) is 12.0 Å². The van der Waals surface area contributed by atoms with Gasteiger partial charge in [0, 0.05) is 18.5 Å². The van der Waals surface area contributed by atoms with E-state index >= 15 is 0 Å². The maximum absolute atomic E-state index is 5.61. The van der Waals surface area contributed by atoms with Gasteiger partial charge in [-0.1, -0.05) is 38.9 Å². The van der Waals surface area contributed by atoms with Crippen LogP contribution >= 0.6 is 0 Å². The summed E-state index contributed by atoms with van der Waals surface area (Å²) in [6.07, 6.45) is 2.31. The zero-order valence-electron chi connectivity index (χ0n) is 13.4. The van der Waals surface area contributed by atoms with Gasteiger partial charge in [0.15, 0.2) is 23.6 Å². The molecule has 116 valence electrons. The van der Waals surface area contributed by atoms with E-state index < -0.39 is 0 Å². The van der Waals surface area contributed by atoms with Crippen molar-refractivity contribution in [2.24, 2.45) is 11.1 Å². The fourth-order valence-electron chi connectivity index (χ4n) is 2.32. The molecule has 0 saturated carbocycles. The molecule has 1 aliphatic heterocycles. The Hall–Kier alpha value is -2.24. The molecule has 0 aromatic carbocycles. The lowest BCUT2D eigenvalue weighted by atomic mass is 10.0. The lowest BCUT2D eigenvalue weighted by molar-refractivity contribution is 0.0773. The second kappa shape index (κ2) is 5.87. The van der Waals surface area contributed by atoms with Crippen LogP contribution in [0.15, 0.2) is 29.6 Å². The summed E-state index contributed by atoms with van der Waals surface area (Å²) in [5.74, 6) is 2.93. The second-order valence-electron chi connectivity index (χ2n) is 6.12. The molecule has 0 bridgehead atoms. The second-order valence-corrected chi connectivity index (χ2v) is 6.12. The molecular formula is C16H21N5O. The molecule has 0 spiro atoms. The minimum atomic E-state index is -0.195. The Morgan fingerprint density at radius 1 is 1.18 bits per heavy atom. The van der Waals surface area contributed by atoms with E-state index in [9.17, 15) is 0 Å². The largest absolute Gasteiger partial charge is 0.384 e. The Morgan fingerprint density at radius 2 is 2.00 bits per heavy atom. The number of hydrogen-bond acceptors (Lipinski definition) is 5. The average molecular weight is 299 g/mol. The molecule has 1 aliphatic rings. The van der Waals surface area contributed by atoms with Crippen molar-refractivity contribution >= 4 is 5.71 Å². The third kappa shape index (κ3) is 2.73. The summed E-state index contributed by atoms with van der Waals surface area (Å²) < 4.78 is 1.78. The van der Waals surface area contributed by atoms with Crippen molar-refractivity contribution in [1.82, 2.24) is 19.7 Å². The first kappa shape index (κ1) is 14.7. The van der Waals surface area contributed by atoms with E-state index in [4.69, 9.17) is 4.84 Å². The molecule has 0 radical (unpaired) electrons. The van der Waals surface area contributed by atoms with Crippen LogP contribution in [0.25, 0.3) is 5.82 Å². The molecule has 0 amide bonds. The molecule has 6 heteroatoms. The van der Waals surface area contributed by atoms with Crippen LogP contribution in [0.4, 0.5) is 0 Å². The SMILES string of the molecule is CC(C)C1=NO[C@@H](c2nc(C(C)C)nn2-c2ccccn2)C1. The molecule has 22 heavy (non-hydrogen) atoms. The molecule has 0 unspecified atom stereocenters. The van der Waals surface area contributed by atoms with Gasteiger partial charge in [0.05, 0.1) is 5.71 Å². The van der Waals surface area contributed by atoms with Crippen molar-refractivity contribution in [3.63, 3.8) is 0 Å². The number of nitrogens with zero attached hydrogens (tertiary/aromatic N) is 5. The molecule has 0 fully saturated rings. The van der Waals surface area contributed by atoms with Crippen LogP contribution in [0.1, 0.15) is 57.8 Å². The zero-order chi connectivity index (χ0) is 15.7. The average Bonchev–Trinajstić information content (AvgIpc) is 3.15. The highest BCUT2D eigenvalue weighted by molar-refractivity contribution is 5.87. The minimum Gasteiger partial charge on any atom is -0.384 e. The van der Waals surface area contributed by atoms with Gasteiger partial charge >= 0.3 is 0 Å². The summed E-state index contributed by atoms with van der Waals surface area (Å²) >= 11 is 0. The van der Waals surface area contributed by atoms with Gasteiger partial charge in [-0.3, -0.25) is 0 Å². The highest BCUT2D eigenvalue weighted by atomic mass is 16.6.